The first-order valence-electron chi connectivity index (χ1n) is 5.52. The fourth-order valence-corrected chi connectivity index (χ4v) is 2.48. The van der Waals surface area contributed by atoms with E-state index in [0.717, 1.165) is 5.56 Å². The molecule has 0 saturated carbocycles. The highest BCUT2D eigenvalue weighted by molar-refractivity contribution is 8.00. The molecule has 0 radical (unpaired) electrons. The van der Waals surface area contributed by atoms with Crippen molar-refractivity contribution in [1.82, 2.24) is 10.7 Å². The Hall–Kier alpha value is -1.53. The maximum Gasteiger partial charge on any atom is 0.242 e. The van der Waals surface area contributed by atoms with Gasteiger partial charge < -0.3 is 5.32 Å². The van der Waals surface area contributed by atoms with Gasteiger partial charge in [0.25, 0.3) is 0 Å². The van der Waals surface area contributed by atoms with Crippen LogP contribution in [0.3, 0.4) is 0 Å². The average Bonchev–Trinajstić information content (AvgIpc) is 2.43. The van der Waals surface area contributed by atoms with Crippen molar-refractivity contribution in [2.45, 2.75) is 5.92 Å². The van der Waals surface area contributed by atoms with Crippen LogP contribution in [0.2, 0.25) is 0 Å². The second-order valence-electron chi connectivity index (χ2n) is 3.66. The monoisotopic (exact) mass is 267 g/mol. The van der Waals surface area contributed by atoms with Gasteiger partial charge in [-0.3, -0.25) is 15.0 Å². The van der Waals surface area contributed by atoms with Crippen LogP contribution >= 0.6 is 11.8 Å². The van der Waals surface area contributed by atoms with E-state index >= 15 is 0 Å². The van der Waals surface area contributed by atoms with Crippen molar-refractivity contribution < 1.29 is 9.59 Å². The number of hydrazine groups is 1. The molecular weight excluding hydrogens is 250 g/mol. The molecule has 0 aliphatic heterocycles. The normalized spacial score (nSPS) is 11.7. The first-order chi connectivity index (χ1) is 8.69. The third kappa shape index (κ3) is 4.38. The summed E-state index contributed by atoms with van der Waals surface area (Å²) < 4.78 is 0. The maximum atomic E-state index is 11.7. The maximum absolute atomic E-state index is 11.7. The van der Waals surface area contributed by atoms with E-state index in [1.54, 1.807) is 7.05 Å². The van der Waals surface area contributed by atoms with Crippen molar-refractivity contribution in [1.29, 1.82) is 0 Å². The number of hydrogen-bond donors (Lipinski definition) is 3. The summed E-state index contributed by atoms with van der Waals surface area (Å²) in [6.07, 6.45) is 0. The lowest BCUT2D eigenvalue weighted by Gasteiger charge is -2.15. The Morgan fingerprint density at radius 3 is 2.56 bits per heavy atom. The van der Waals surface area contributed by atoms with Gasteiger partial charge in [0, 0.05) is 12.8 Å². The standard InChI is InChI=1S/C12H17N3O2S/c1-14-11(16)8-18-7-10(12(17)15-13)9-5-3-2-4-6-9/h2-6,10H,7-8,13H2,1H3,(H,14,16)(H,15,17). The Balaban J connectivity index is 2.63. The molecule has 0 saturated heterocycles. The molecule has 1 rings (SSSR count). The second kappa shape index (κ2) is 7.73. The molecule has 0 heterocycles. The lowest BCUT2D eigenvalue weighted by Crippen LogP contribution is -2.36. The molecule has 6 heteroatoms. The predicted octanol–water partition coefficient (Wildman–Crippen LogP) is 0.239. The molecule has 98 valence electrons. The van der Waals surface area contributed by atoms with Crippen molar-refractivity contribution in [3.8, 4) is 0 Å². The summed E-state index contributed by atoms with van der Waals surface area (Å²) in [5, 5.41) is 2.54. The van der Waals surface area contributed by atoms with Gasteiger partial charge in [0.15, 0.2) is 0 Å². The van der Waals surface area contributed by atoms with Gasteiger partial charge in [-0.05, 0) is 5.56 Å². The van der Waals surface area contributed by atoms with Crippen molar-refractivity contribution in [3.63, 3.8) is 0 Å². The van der Waals surface area contributed by atoms with Crippen molar-refractivity contribution in [2.75, 3.05) is 18.6 Å². The number of carbonyl (C=O) groups is 2. The number of nitrogens with one attached hydrogen (secondary N) is 2. The summed E-state index contributed by atoms with van der Waals surface area (Å²) in [6.45, 7) is 0. The lowest BCUT2D eigenvalue weighted by atomic mass is 10.0. The Kier molecular flexibility index (Phi) is 6.24. The van der Waals surface area contributed by atoms with Crippen LogP contribution in [0, 0.1) is 0 Å². The van der Waals surface area contributed by atoms with E-state index in [0.29, 0.717) is 11.5 Å². The number of nitrogens with two attached hydrogens (primary N) is 1. The molecule has 1 unspecified atom stereocenters. The van der Waals surface area contributed by atoms with Gasteiger partial charge in [0.1, 0.15) is 0 Å². The second-order valence-corrected chi connectivity index (χ2v) is 4.69. The zero-order valence-corrected chi connectivity index (χ0v) is 11.0. The Morgan fingerprint density at radius 1 is 1.33 bits per heavy atom. The molecule has 4 N–H and O–H groups in total. The lowest BCUT2D eigenvalue weighted by molar-refractivity contribution is -0.122. The molecule has 1 aromatic rings. The number of hydrogen-bond acceptors (Lipinski definition) is 4. The molecule has 0 fully saturated rings. The fraction of sp³-hybridized carbons (Fsp3) is 0.333. The number of benzene rings is 1. The minimum absolute atomic E-state index is 0.0556. The van der Waals surface area contributed by atoms with Crippen LogP contribution in [0.25, 0.3) is 0 Å². The van der Waals surface area contributed by atoms with Gasteiger partial charge in [0.05, 0.1) is 11.7 Å². The summed E-state index contributed by atoms with van der Waals surface area (Å²) in [4.78, 5) is 22.8. The molecular formula is C12H17N3O2S. The van der Waals surface area contributed by atoms with Gasteiger partial charge in [-0.1, -0.05) is 30.3 Å². The van der Waals surface area contributed by atoms with Crippen molar-refractivity contribution in [3.05, 3.63) is 35.9 Å². The van der Waals surface area contributed by atoms with Crippen LogP contribution in [0.4, 0.5) is 0 Å². The van der Waals surface area contributed by atoms with Crippen LogP contribution in [0.5, 0.6) is 0 Å². The third-order valence-corrected chi connectivity index (χ3v) is 3.49. The number of rotatable bonds is 6. The molecule has 0 aromatic heterocycles. The molecule has 1 atom stereocenters. The summed E-state index contributed by atoms with van der Waals surface area (Å²) in [6, 6.07) is 9.38. The van der Waals surface area contributed by atoms with Crippen LogP contribution < -0.4 is 16.6 Å². The highest BCUT2D eigenvalue weighted by Gasteiger charge is 2.19. The zero-order chi connectivity index (χ0) is 13.4. The molecule has 18 heavy (non-hydrogen) atoms. The first kappa shape index (κ1) is 14.5. The fourth-order valence-electron chi connectivity index (χ4n) is 1.45. The third-order valence-electron chi connectivity index (χ3n) is 2.46. The Labute approximate surface area is 110 Å². The minimum Gasteiger partial charge on any atom is -0.358 e. The van der Waals surface area contributed by atoms with E-state index in [1.807, 2.05) is 30.3 Å². The van der Waals surface area contributed by atoms with Crippen LogP contribution in [0.15, 0.2) is 30.3 Å². The number of carbonyl (C=O) groups excluding carboxylic acids is 2. The molecule has 0 bridgehead atoms. The Bertz CT molecular complexity index is 398. The molecule has 0 aliphatic rings. The topological polar surface area (TPSA) is 84.2 Å². The van der Waals surface area contributed by atoms with Crippen LogP contribution in [-0.2, 0) is 9.59 Å². The first-order valence-corrected chi connectivity index (χ1v) is 6.68. The van der Waals surface area contributed by atoms with Crippen molar-refractivity contribution in [2.24, 2.45) is 5.84 Å². The average molecular weight is 267 g/mol. The summed E-state index contributed by atoms with van der Waals surface area (Å²) >= 11 is 1.40. The van der Waals surface area contributed by atoms with E-state index in [2.05, 4.69) is 10.7 Å². The van der Waals surface area contributed by atoms with Gasteiger partial charge >= 0.3 is 0 Å². The summed E-state index contributed by atoms with van der Waals surface area (Å²) in [5.41, 5.74) is 3.06. The molecule has 0 spiro atoms. The minimum atomic E-state index is -0.342. The van der Waals surface area contributed by atoms with E-state index in [9.17, 15) is 9.59 Å². The SMILES string of the molecule is CNC(=O)CSCC(C(=O)NN)c1ccccc1. The van der Waals surface area contributed by atoms with Crippen molar-refractivity contribution >= 4 is 23.6 Å². The van der Waals surface area contributed by atoms with Gasteiger partial charge in [-0.25, -0.2) is 5.84 Å². The van der Waals surface area contributed by atoms with Gasteiger partial charge in [0.2, 0.25) is 11.8 Å². The quantitative estimate of drug-likeness (QED) is 0.391. The highest BCUT2D eigenvalue weighted by Crippen LogP contribution is 2.20. The highest BCUT2D eigenvalue weighted by atomic mass is 32.2. The van der Waals surface area contributed by atoms with E-state index in [1.165, 1.54) is 11.8 Å². The van der Waals surface area contributed by atoms with E-state index < -0.39 is 0 Å². The number of amides is 2. The van der Waals surface area contributed by atoms with E-state index in [4.69, 9.17) is 5.84 Å². The molecule has 2 amide bonds. The largest absolute Gasteiger partial charge is 0.358 e. The summed E-state index contributed by atoms with van der Waals surface area (Å²) in [7, 11) is 1.59. The summed E-state index contributed by atoms with van der Waals surface area (Å²) in [5.74, 6) is 5.38. The van der Waals surface area contributed by atoms with Crippen LogP contribution in [0.1, 0.15) is 11.5 Å². The molecule has 1 aromatic carbocycles. The molecule has 0 aliphatic carbocycles. The smallest absolute Gasteiger partial charge is 0.242 e. The number of thioether (sulfide) groups is 1. The van der Waals surface area contributed by atoms with Gasteiger partial charge in [-0.15, -0.1) is 0 Å². The molecule has 5 nitrogen and oxygen atoms in total. The predicted molar refractivity (Wildman–Crippen MR) is 72.9 cm³/mol. The zero-order valence-electron chi connectivity index (χ0n) is 10.2. The van der Waals surface area contributed by atoms with E-state index in [-0.39, 0.29) is 17.7 Å². The Morgan fingerprint density at radius 2 is 2.00 bits per heavy atom. The van der Waals surface area contributed by atoms with Gasteiger partial charge in [-0.2, -0.15) is 11.8 Å². The van der Waals surface area contributed by atoms with Crippen LogP contribution in [-0.4, -0.2) is 30.4 Å².